The average Bonchev–Trinajstić information content (AvgIpc) is 3.29. The Morgan fingerprint density at radius 1 is 1.05 bits per heavy atom. The molecule has 1 atom stereocenters. The fraction of sp³-hybridized carbons (Fsp3) is 0.556. The summed E-state index contributed by atoms with van der Waals surface area (Å²) >= 11 is 0.825. The lowest BCUT2D eigenvalue weighted by Crippen LogP contribution is -2.52. The van der Waals surface area contributed by atoms with E-state index >= 15 is 0 Å². The van der Waals surface area contributed by atoms with Gasteiger partial charge in [0.05, 0.1) is 5.69 Å². The molecule has 2 aromatic rings. The van der Waals surface area contributed by atoms with Gasteiger partial charge < -0.3 is 16.4 Å². The number of nitrogens with one attached hydrogen (secondary N) is 2. The second kappa shape index (κ2) is 12.5. The fourth-order valence-electron chi connectivity index (χ4n) is 5.32. The molecular weight excluding hydrogens is 493 g/mol. The molecule has 1 aromatic carbocycles. The minimum Gasteiger partial charge on any atom is -0.395 e. The van der Waals surface area contributed by atoms with E-state index in [0.717, 1.165) is 75.7 Å². The smallest absolute Gasteiger partial charge is 0.273 e. The molecule has 200 valence electrons. The Kier molecular flexibility index (Phi) is 9.13. The normalized spacial score (nSPS) is 17.7. The van der Waals surface area contributed by atoms with Crippen LogP contribution in [0.4, 0.5) is 15.8 Å². The predicted molar refractivity (Wildman–Crippen MR) is 143 cm³/mol. The van der Waals surface area contributed by atoms with E-state index in [0.29, 0.717) is 6.42 Å². The van der Waals surface area contributed by atoms with Gasteiger partial charge in [0.2, 0.25) is 5.91 Å². The van der Waals surface area contributed by atoms with Crippen LogP contribution in [-0.4, -0.2) is 40.2 Å². The summed E-state index contributed by atoms with van der Waals surface area (Å²) in [6, 6.07) is 4.84. The van der Waals surface area contributed by atoms with E-state index in [-0.39, 0.29) is 39.9 Å². The number of nitrogens with zero attached hydrogens (tertiary/aromatic N) is 2. The Bertz CT molecular complexity index is 1110. The molecule has 2 aliphatic rings. The number of rotatable bonds is 8. The van der Waals surface area contributed by atoms with Crippen LogP contribution in [0.25, 0.3) is 0 Å². The van der Waals surface area contributed by atoms with Gasteiger partial charge in [-0.2, -0.15) is 4.37 Å². The SMILES string of the molecule is CC[C@@H](C(=O)NC1CCCCC1)N(C(=O)c1snc(C(=O)NC2CCCCC2)c1N)c1cccc(F)c1. The van der Waals surface area contributed by atoms with Crippen molar-refractivity contribution in [1.29, 1.82) is 0 Å². The van der Waals surface area contributed by atoms with E-state index < -0.39 is 23.7 Å². The Labute approximate surface area is 221 Å². The van der Waals surface area contributed by atoms with Crippen LogP contribution in [0, 0.1) is 5.82 Å². The first-order chi connectivity index (χ1) is 17.9. The molecule has 2 saturated carbocycles. The topological polar surface area (TPSA) is 117 Å². The largest absolute Gasteiger partial charge is 0.395 e. The van der Waals surface area contributed by atoms with Crippen LogP contribution in [0.15, 0.2) is 24.3 Å². The molecule has 0 spiro atoms. The molecule has 0 radical (unpaired) electrons. The fourth-order valence-corrected chi connectivity index (χ4v) is 6.05. The monoisotopic (exact) mass is 529 g/mol. The Morgan fingerprint density at radius 2 is 1.68 bits per heavy atom. The van der Waals surface area contributed by atoms with Gasteiger partial charge in [-0.1, -0.05) is 51.5 Å². The van der Waals surface area contributed by atoms with Crippen LogP contribution >= 0.6 is 11.5 Å². The summed E-state index contributed by atoms with van der Waals surface area (Å²) in [6.45, 7) is 1.81. The zero-order valence-electron chi connectivity index (χ0n) is 21.3. The minimum atomic E-state index is -0.878. The van der Waals surface area contributed by atoms with E-state index in [1.54, 1.807) is 6.07 Å². The third-order valence-electron chi connectivity index (χ3n) is 7.34. The summed E-state index contributed by atoms with van der Waals surface area (Å²) in [5.41, 5.74) is 6.53. The maximum atomic E-state index is 14.2. The van der Waals surface area contributed by atoms with Crippen molar-refractivity contribution in [1.82, 2.24) is 15.0 Å². The Hall–Kier alpha value is -3.01. The van der Waals surface area contributed by atoms with Gasteiger partial charge in [0.1, 0.15) is 16.7 Å². The molecule has 3 amide bonds. The molecule has 37 heavy (non-hydrogen) atoms. The zero-order valence-corrected chi connectivity index (χ0v) is 22.1. The molecule has 1 heterocycles. The standard InChI is InChI=1S/C27H36FN5O3S/c1-2-21(25(34)30-18-11-5-3-6-12-18)33(20-15-9-10-17(28)16-20)27(36)24-22(29)23(32-37-24)26(35)31-19-13-7-4-8-14-19/h9-10,15-16,18-19,21H,2-8,11-14,29H2,1H3,(H,30,34)(H,31,35)/t21-/m0/s1. The maximum absolute atomic E-state index is 14.2. The van der Waals surface area contributed by atoms with Gasteiger partial charge in [0.15, 0.2) is 5.69 Å². The molecule has 8 nitrogen and oxygen atoms in total. The van der Waals surface area contributed by atoms with Gasteiger partial charge in [-0.3, -0.25) is 19.3 Å². The van der Waals surface area contributed by atoms with Crippen molar-refractivity contribution in [3.63, 3.8) is 0 Å². The highest BCUT2D eigenvalue weighted by Crippen LogP contribution is 2.30. The molecule has 0 unspecified atom stereocenters. The lowest BCUT2D eigenvalue weighted by atomic mass is 9.95. The van der Waals surface area contributed by atoms with Crippen molar-refractivity contribution in [3.8, 4) is 0 Å². The number of carbonyl (C=O) groups is 3. The zero-order chi connectivity index (χ0) is 26.4. The van der Waals surface area contributed by atoms with Gasteiger partial charge >= 0.3 is 0 Å². The van der Waals surface area contributed by atoms with Crippen molar-refractivity contribution in [3.05, 3.63) is 40.7 Å². The molecule has 4 rings (SSSR count). The van der Waals surface area contributed by atoms with Crippen LogP contribution in [0.2, 0.25) is 0 Å². The number of amides is 3. The number of aromatic nitrogens is 1. The molecule has 2 fully saturated rings. The lowest BCUT2D eigenvalue weighted by Gasteiger charge is -2.32. The molecule has 0 aliphatic heterocycles. The molecule has 10 heteroatoms. The highest BCUT2D eigenvalue weighted by Gasteiger charge is 2.35. The summed E-state index contributed by atoms with van der Waals surface area (Å²) in [4.78, 5) is 41.5. The summed E-state index contributed by atoms with van der Waals surface area (Å²) in [7, 11) is 0. The molecule has 2 aliphatic carbocycles. The van der Waals surface area contributed by atoms with Gasteiger partial charge in [0.25, 0.3) is 11.8 Å². The molecule has 0 saturated heterocycles. The number of carbonyl (C=O) groups excluding carboxylic acids is 3. The van der Waals surface area contributed by atoms with Crippen molar-refractivity contribution in [2.75, 3.05) is 10.6 Å². The number of nitrogen functional groups attached to an aromatic ring is 1. The molecule has 0 bridgehead atoms. The Balaban J connectivity index is 1.60. The van der Waals surface area contributed by atoms with Crippen molar-refractivity contribution in [2.45, 2.75) is 95.7 Å². The van der Waals surface area contributed by atoms with E-state index in [1.165, 1.54) is 23.1 Å². The number of hydrogen-bond acceptors (Lipinski definition) is 6. The number of anilines is 2. The predicted octanol–water partition coefficient (Wildman–Crippen LogP) is 4.80. The molecular formula is C27H36FN5O3S. The first kappa shape index (κ1) is 27.0. The number of hydrogen-bond donors (Lipinski definition) is 3. The summed E-state index contributed by atoms with van der Waals surface area (Å²) in [6.07, 6.45) is 10.5. The van der Waals surface area contributed by atoms with E-state index in [4.69, 9.17) is 5.73 Å². The van der Waals surface area contributed by atoms with Crippen molar-refractivity contribution >= 4 is 40.6 Å². The highest BCUT2D eigenvalue weighted by atomic mass is 32.1. The first-order valence-corrected chi connectivity index (χ1v) is 14.1. The number of halogens is 1. The molecule has 4 N–H and O–H groups in total. The summed E-state index contributed by atoms with van der Waals surface area (Å²) in [5, 5.41) is 6.07. The Morgan fingerprint density at radius 3 is 2.27 bits per heavy atom. The van der Waals surface area contributed by atoms with E-state index in [1.807, 2.05) is 6.92 Å². The average molecular weight is 530 g/mol. The second-order valence-electron chi connectivity index (χ2n) is 10.0. The van der Waals surface area contributed by atoms with Gasteiger partial charge in [-0.05, 0) is 61.8 Å². The summed E-state index contributed by atoms with van der Waals surface area (Å²) < 4.78 is 18.4. The van der Waals surface area contributed by atoms with Gasteiger partial charge in [-0.25, -0.2) is 4.39 Å². The van der Waals surface area contributed by atoms with Crippen LogP contribution in [0.1, 0.15) is 97.7 Å². The summed E-state index contributed by atoms with van der Waals surface area (Å²) in [5.74, 6) is -1.80. The van der Waals surface area contributed by atoms with Crippen LogP contribution in [0.3, 0.4) is 0 Å². The van der Waals surface area contributed by atoms with Gasteiger partial charge in [-0.15, -0.1) is 0 Å². The van der Waals surface area contributed by atoms with Crippen LogP contribution < -0.4 is 21.3 Å². The minimum absolute atomic E-state index is 0.0119. The van der Waals surface area contributed by atoms with Crippen molar-refractivity contribution < 1.29 is 18.8 Å². The third-order valence-corrected chi connectivity index (χ3v) is 8.19. The van der Waals surface area contributed by atoms with Gasteiger partial charge in [0, 0.05) is 17.8 Å². The maximum Gasteiger partial charge on any atom is 0.273 e. The highest BCUT2D eigenvalue weighted by molar-refractivity contribution is 7.09. The second-order valence-corrected chi connectivity index (χ2v) is 10.8. The van der Waals surface area contributed by atoms with Crippen LogP contribution in [-0.2, 0) is 4.79 Å². The molecule has 1 aromatic heterocycles. The number of nitrogens with two attached hydrogens (primary N) is 1. The first-order valence-electron chi connectivity index (χ1n) is 13.3. The van der Waals surface area contributed by atoms with E-state index in [9.17, 15) is 18.8 Å². The van der Waals surface area contributed by atoms with Crippen LogP contribution in [0.5, 0.6) is 0 Å². The van der Waals surface area contributed by atoms with Crippen molar-refractivity contribution in [2.24, 2.45) is 0 Å². The number of benzene rings is 1. The third kappa shape index (κ3) is 6.47. The quantitative estimate of drug-likeness (QED) is 0.454. The van der Waals surface area contributed by atoms with E-state index in [2.05, 4.69) is 15.0 Å². The lowest BCUT2D eigenvalue weighted by molar-refractivity contribution is -0.123.